The number of carbonyl (C=O) groups is 1. The molecule has 1 saturated heterocycles. The van der Waals surface area contributed by atoms with E-state index in [1.54, 1.807) is 0 Å². The summed E-state index contributed by atoms with van der Waals surface area (Å²) in [4.78, 5) is 18.4. The first-order valence-corrected chi connectivity index (χ1v) is 6.77. The summed E-state index contributed by atoms with van der Waals surface area (Å²) in [5, 5.41) is 0. The topological polar surface area (TPSA) is 36.0 Å². The van der Waals surface area contributed by atoms with E-state index < -0.39 is 0 Å². The number of hydrogen-bond acceptors (Lipinski definition) is 3. The maximum absolute atomic E-state index is 12.4. The zero-order valence-corrected chi connectivity index (χ0v) is 12.2. The van der Waals surface area contributed by atoms with E-state index in [0.717, 1.165) is 32.7 Å². The lowest BCUT2D eigenvalue weighted by molar-refractivity contribution is 0.0418. The third-order valence-electron chi connectivity index (χ3n) is 2.95. The zero-order chi connectivity index (χ0) is 13.5. The van der Waals surface area contributed by atoms with Crippen LogP contribution in [0.5, 0.6) is 0 Å². The minimum absolute atomic E-state index is 0.161. The Kier molecular flexibility index (Phi) is 6.43. The molecule has 1 heterocycles. The minimum Gasteiger partial charge on any atom is -0.378 e. The molecule has 1 fully saturated rings. The van der Waals surface area contributed by atoms with E-state index in [1.807, 2.05) is 23.9 Å². The van der Waals surface area contributed by atoms with Crippen molar-refractivity contribution in [2.45, 2.75) is 13.8 Å². The van der Waals surface area contributed by atoms with Crippen LogP contribution in [-0.4, -0.2) is 80.8 Å². The lowest BCUT2D eigenvalue weighted by Gasteiger charge is -2.34. The maximum Gasteiger partial charge on any atom is 0.320 e. The first kappa shape index (κ1) is 15.2. The highest BCUT2D eigenvalue weighted by atomic mass is 16.5. The van der Waals surface area contributed by atoms with Crippen molar-refractivity contribution in [3.05, 3.63) is 0 Å². The monoisotopic (exact) mass is 257 g/mol. The molecule has 1 aliphatic heterocycles. The zero-order valence-electron chi connectivity index (χ0n) is 12.2. The lowest BCUT2D eigenvalue weighted by Crippen LogP contribution is -2.50. The van der Waals surface area contributed by atoms with Gasteiger partial charge in [0, 0.05) is 32.7 Å². The van der Waals surface area contributed by atoms with E-state index in [9.17, 15) is 4.79 Å². The van der Waals surface area contributed by atoms with Crippen LogP contribution in [0.25, 0.3) is 0 Å². The number of rotatable bonds is 5. The average molecular weight is 257 g/mol. The Morgan fingerprint density at radius 3 is 2.33 bits per heavy atom. The molecule has 1 aliphatic rings. The van der Waals surface area contributed by atoms with E-state index in [2.05, 4.69) is 18.7 Å². The van der Waals surface area contributed by atoms with Crippen LogP contribution >= 0.6 is 0 Å². The van der Waals surface area contributed by atoms with Crippen molar-refractivity contribution in [2.75, 3.05) is 60.0 Å². The number of amides is 2. The molecule has 0 spiro atoms. The fourth-order valence-electron chi connectivity index (χ4n) is 1.98. The van der Waals surface area contributed by atoms with E-state index in [-0.39, 0.29) is 6.03 Å². The van der Waals surface area contributed by atoms with Gasteiger partial charge in [-0.1, -0.05) is 13.8 Å². The molecule has 2 amide bonds. The summed E-state index contributed by atoms with van der Waals surface area (Å²) in [5.41, 5.74) is 0. The van der Waals surface area contributed by atoms with Crippen molar-refractivity contribution in [2.24, 2.45) is 5.92 Å². The van der Waals surface area contributed by atoms with Crippen LogP contribution in [0.2, 0.25) is 0 Å². The molecule has 0 aromatic carbocycles. The molecule has 0 unspecified atom stereocenters. The van der Waals surface area contributed by atoms with Crippen LogP contribution in [0.4, 0.5) is 4.79 Å². The summed E-state index contributed by atoms with van der Waals surface area (Å²) >= 11 is 0. The largest absolute Gasteiger partial charge is 0.378 e. The van der Waals surface area contributed by atoms with Gasteiger partial charge in [-0.25, -0.2) is 4.79 Å². The lowest BCUT2D eigenvalue weighted by atomic mass is 10.2. The highest BCUT2D eigenvalue weighted by Gasteiger charge is 2.23. The summed E-state index contributed by atoms with van der Waals surface area (Å²) < 4.78 is 5.29. The van der Waals surface area contributed by atoms with Crippen LogP contribution in [0.3, 0.4) is 0 Å². The predicted octanol–water partition coefficient (Wildman–Crippen LogP) is 0.958. The van der Waals surface area contributed by atoms with E-state index in [1.165, 1.54) is 0 Å². The van der Waals surface area contributed by atoms with Crippen LogP contribution in [0.15, 0.2) is 0 Å². The number of ether oxygens (including phenoxy) is 1. The van der Waals surface area contributed by atoms with Crippen molar-refractivity contribution >= 4 is 6.03 Å². The Balaban J connectivity index is 2.53. The molecular formula is C13H27N3O2. The van der Waals surface area contributed by atoms with Crippen LogP contribution in [0.1, 0.15) is 13.8 Å². The van der Waals surface area contributed by atoms with Gasteiger partial charge in [-0.2, -0.15) is 0 Å². The van der Waals surface area contributed by atoms with Crippen LogP contribution in [-0.2, 0) is 4.74 Å². The molecule has 0 saturated carbocycles. The third kappa shape index (κ3) is 5.23. The van der Waals surface area contributed by atoms with Gasteiger partial charge in [0.05, 0.1) is 13.2 Å². The first-order valence-electron chi connectivity index (χ1n) is 6.77. The summed E-state index contributed by atoms with van der Waals surface area (Å²) in [7, 11) is 4.07. The highest BCUT2D eigenvalue weighted by molar-refractivity contribution is 5.74. The van der Waals surface area contributed by atoms with Gasteiger partial charge >= 0.3 is 6.03 Å². The molecule has 0 N–H and O–H groups in total. The van der Waals surface area contributed by atoms with Crippen molar-refractivity contribution in [1.82, 2.24) is 14.7 Å². The third-order valence-corrected chi connectivity index (χ3v) is 2.95. The second kappa shape index (κ2) is 7.59. The second-order valence-corrected chi connectivity index (χ2v) is 5.53. The summed E-state index contributed by atoms with van der Waals surface area (Å²) in [6, 6.07) is 0.161. The van der Waals surface area contributed by atoms with Gasteiger partial charge < -0.3 is 19.4 Å². The molecule has 0 radical (unpaired) electrons. The maximum atomic E-state index is 12.4. The quantitative estimate of drug-likeness (QED) is 0.736. The van der Waals surface area contributed by atoms with E-state index in [0.29, 0.717) is 19.1 Å². The van der Waals surface area contributed by atoms with Gasteiger partial charge in [-0.3, -0.25) is 0 Å². The Hall–Kier alpha value is -0.810. The van der Waals surface area contributed by atoms with Gasteiger partial charge in [0.2, 0.25) is 0 Å². The van der Waals surface area contributed by atoms with Gasteiger partial charge in [0.25, 0.3) is 0 Å². The van der Waals surface area contributed by atoms with Gasteiger partial charge in [-0.15, -0.1) is 0 Å². The second-order valence-electron chi connectivity index (χ2n) is 5.53. The number of likely N-dealkylation sites (N-methyl/N-ethyl adjacent to an activating group) is 1. The molecule has 0 atom stereocenters. The normalized spacial score (nSPS) is 16.4. The summed E-state index contributed by atoms with van der Waals surface area (Å²) in [5.74, 6) is 0.497. The molecule has 5 heteroatoms. The molecule has 106 valence electrons. The summed E-state index contributed by atoms with van der Waals surface area (Å²) in [6.07, 6.45) is 0. The minimum atomic E-state index is 0.161. The molecule has 0 aliphatic carbocycles. The SMILES string of the molecule is CC(C)CN(CCN(C)C)C(=O)N1CCOCC1. The van der Waals surface area contributed by atoms with Crippen LogP contribution < -0.4 is 0 Å². The Bertz CT molecular complexity index is 251. The van der Waals surface area contributed by atoms with Crippen molar-refractivity contribution in [1.29, 1.82) is 0 Å². The Morgan fingerprint density at radius 1 is 1.22 bits per heavy atom. The fraction of sp³-hybridized carbons (Fsp3) is 0.923. The number of carbonyl (C=O) groups excluding carboxylic acids is 1. The van der Waals surface area contributed by atoms with Gasteiger partial charge in [0.1, 0.15) is 0 Å². The van der Waals surface area contributed by atoms with Crippen LogP contribution in [0, 0.1) is 5.92 Å². The summed E-state index contributed by atoms with van der Waals surface area (Å²) in [6.45, 7) is 9.58. The van der Waals surface area contributed by atoms with Gasteiger partial charge in [0.15, 0.2) is 0 Å². The molecule has 5 nitrogen and oxygen atoms in total. The molecule has 18 heavy (non-hydrogen) atoms. The molecule has 0 aromatic heterocycles. The highest BCUT2D eigenvalue weighted by Crippen LogP contribution is 2.06. The average Bonchev–Trinajstić information content (AvgIpc) is 2.34. The number of nitrogens with zero attached hydrogens (tertiary/aromatic N) is 3. The Morgan fingerprint density at radius 2 is 1.83 bits per heavy atom. The van der Waals surface area contributed by atoms with E-state index in [4.69, 9.17) is 4.74 Å². The smallest absolute Gasteiger partial charge is 0.320 e. The fourth-order valence-corrected chi connectivity index (χ4v) is 1.98. The van der Waals surface area contributed by atoms with Crippen molar-refractivity contribution in [3.63, 3.8) is 0 Å². The number of hydrogen-bond donors (Lipinski definition) is 0. The molecule has 1 rings (SSSR count). The number of urea groups is 1. The molecular weight excluding hydrogens is 230 g/mol. The Labute approximate surface area is 111 Å². The molecule has 0 aromatic rings. The molecule has 0 bridgehead atoms. The van der Waals surface area contributed by atoms with Crippen molar-refractivity contribution in [3.8, 4) is 0 Å². The predicted molar refractivity (Wildman–Crippen MR) is 72.8 cm³/mol. The van der Waals surface area contributed by atoms with E-state index >= 15 is 0 Å². The first-order chi connectivity index (χ1) is 8.50. The van der Waals surface area contributed by atoms with Gasteiger partial charge in [-0.05, 0) is 20.0 Å². The standard InChI is InChI=1S/C13H27N3O2/c1-12(2)11-16(6-5-14(3)4)13(17)15-7-9-18-10-8-15/h12H,5-11H2,1-4H3. The van der Waals surface area contributed by atoms with Crippen molar-refractivity contribution < 1.29 is 9.53 Å². The number of morpholine rings is 1.